The number of nitrogens with zero attached hydrogens (tertiary/aromatic N) is 3. The van der Waals surface area contributed by atoms with Crippen LogP contribution in [0.15, 0.2) is 35.4 Å². The Hall–Kier alpha value is -3.60. The summed E-state index contributed by atoms with van der Waals surface area (Å²) < 4.78 is 28.6. The van der Waals surface area contributed by atoms with Gasteiger partial charge in [-0.1, -0.05) is 6.07 Å². The molecule has 4 rings (SSSR count). The van der Waals surface area contributed by atoms with E-state index in [4.69, 9.17) is 0 Å². The molecule has 0 spiro atoms. The lowest BCUT2D eigenvalue weighted by atomic mass is 9.93. The number of nitrogens with one attached hydrogen (secondary N) is 1. The van der Waals surface area contributed by atoms with E-state index >= 15 is 0 Å². The summed E-state index contributed by atoms with van der Waals surface area (Å²) >= 11 is 1.10. The van der Waals surface area contributed by atoms with E-state index in [0.717, 1.165) is 23.5 Å². The maximum Gasteiger partial charge on any atom is 0.274 e. The SMILES string of the molecule is CNC(=O)C1(C)CN(C(C)C)C(=O)c2c(O)c(=O)c(-c3ncc(Cc4ccc(F)cc4F)s3)cn21. The Morgan fingerprint density at radius 1 is 1.31 bits per heavy atom. The molecule has 8 nitrogen and oxygen atoms in total. The third-order valence-corrected chi connectivity index (χ3v) is 7.19. The molecule has 1 unspecified atom stereocenters. The molecule has 1 atom stereocenters. The van der Waals surface area contributed by atoms with E-state index in [2.05, 4.69) is 10.3 Å². The number of carbonyl (C=O) groups is 2. The van der Waals surface area contributed by atoms with Gasteiger partial charge in [0.25, 0.3) is 5.91 Å². The van der Waals surface area contributed by atoms with E-state index in [0.29, 0.717) is 4.88 Å². The van der Waals surface area contributed by atoms with Crippen LogP contribution in [0.3, 0.4) is 0 Å². The van der Waals surface area contributed by atoms with Crippen molar-refractivity contribution < 1.29 is 23.5 Å². The van der Waals surface area contributed by atoms with Gasteiger partial charge >= 0.3 is 0 Å². The average molecular weight is 503 g/mol. The fraction of sp³-hybridized carbons (Fsp3) is 0.333. The predicted molar refractivity (Wildman–Crippen MR) is 127 cm³/mol. The lowest BCUT2D eigenvalue weighted by Gasteiger charge is -2.43. The molecule has 1 aliphatic heterocycles. The number of fused-ring (bicyclic) bond motifs is 1. The van der Waals surface area contributed by atoms with Crippen molar-refractivity contribution in [2.24, 2.45) is 0 Å². The highest BCUT2D eigenvalue weighted by atomic mass is 32.1. The van der Waals surface area contributed by atoms with Gasteiger partial charge in [0.15, 0.2) is 11.4 Å². The smallest absolute Gasteiger partial charge is 0.274 e. The van der Waals surface area contributed by atoms with Gasteiger partial charge in [-0.3, -0.25) is 14.4 Å². The molecule has 0 saturated heterocycles. The Morgan fingerprint density at radius 3 is 2.66 bits per heavy atom. The van der Waals surface area contributed by atoms with Crippen molar-refractivity contribution in [2.45, 2.75) is 38.8 Å². The van der Waals surface area contributed by atoms with Crippen LogP contribution in [-0.4, -0.2) is 51.0 Å². The van der Waals surface area contributed by atoms with Gasteiger partial charge in [0, 0.05) is 42.8 Å². The van der Waals surface area contributed by atoms with Gasteiger partial charge < -0.3 is 19.9 Å². The summed E-state index contributed by atoms with van der Waals surface area (Å²) in [6.45, 7) is 5.21. The molecule has 0 saturated carbocycles. The minimum atomic E-state index is -1.31. The second-order valence-electron chi connectivity index (χ2n) is 8.86. The summed E-state index contributed by atoms with van der Waals surface area (Å²) in [6.07, 6.45) is 2.95. The third kappa shape index (κ3) is 4.09. The molecule has 35 heavy (non-hydrogen) atoms. The molecule has 0 bridgehead atoms. The van der Waals surface area contributed by atoms with Crippen molar-refractivity contribution >= 4 is 23.2 Å². The second kappa shape index (κ2) is 8.88. The Kier molecular flexibility index (Phi) is 6.22. The number of likely N-dealkylation sites (N-methyl/N-ethyl adjacent to an activating group) is 1. The molecule has 3 aromatic rings. The number of rotatable bonds is 5. The zero-order chi connectivity index (χ0) is 25.7. The Balaban J connectivity index is 1.83. The van der Waals surface area contributed by atoms with Crippen LogP contribution in [0, 0.1) is 11.6 Å². The first-order valence-corrected chi connectivity index (χ1v) is 11.7. The van der Waals surface area contributed by atoms with Crippen molar-refractivity contribution in [3.05, 3.63) is 68.6 Å². The summed E-state index contributed by atoms with van der Waals surface area (Å²) in [4.78, 5) is 45.5. The highest BCUT2D eigenvalue weighted by molar-refractivity contribution is 7.15. The van der Waals surface area contributed by atoms with Gasteiger partial charge in [-0.25, -0.2) is 13.8 Å². The quantitative estimate of drug-likeness (QED) is 0.558. The van der Waals surface area contributed by atoms with E-state index in [1.54, 1.807) is 20.8 Å². The summed E-state index contributed by atoms with van der Waals surface area (Å²) in [5.41, 5.74) is -2.11. The molecule has 1 aromatic carbocycles. The molecule has 184 valence electrons. The monoisotopic (exact) mass is 502 g/mol. The minimum Gasteiger partial charge on any atom is -0.503 e. The second-order valence-corrected chi connectivity index (χ2v) is 9.98. The summed E-state index contributed by atoms with van der Waals surface area (Å²) in [5.74, 6) is -3.11. The van der Waals surface area contributed by atoms with E-state index in [-0.39, 0.29) is 40.8 Å². The van der Waals surface area contributed by atoms with Crippen LogP contribution in [0.1, 0.15) is 41.7 Å². The number of thiazole rings is 1. The fourth-order valence-electron chi connectivity index (χ4n) is 4.20. The molecule has 1 aliphatic rings. The van der Waals surface area contributed by atoms with Crippen molar-refractivity contribution in [1.82, 2.24) is 19.8 Å². The average Bonchev–Trinajstić information content (AvgIpc) is 3.27. The van der Waals surface area contributed by atoms with Crippen LogP contribution < -0.4 is 10.7 Å². The van der Waals surface area contributed by atoms with Crippen molar-refractivity contribution in [3.63, 3.8) is 0 Å². The highest BCUT2D eigenvalue weighted by Gasteiger charge is 2.46. The van der Waals surface area contributed by atoms with Crippen LogP contribution >= 0.6 is 11.3 Å². The van der Waals surface area contributed by atoms with Gasteiger partial charge in [-0.2, -0.15) is 0 Å². The molecule has 2 N–H and O–H groups in total. The number of benzene rings is 1. The molecular weight excluding hydrogens is 478 g/mol. The summed E-state index contributed by atoms with van der Waals surface area (Å²) in [5, 5.41) is 13.6. The molecular formula is C24H24F2N4O4S. The van der Waals surface area contributed by atoms with Gasteiger partial charge in [-0.15, -0.1) is 11.3 Å². The summed E-state index contributed by atoms with van der Waals surface area (Å²) in [7, 11) is 1.47. The van der Waals surface area contributed by atoms with Crippen LogP contribution in [-0.2, 0) is 16.8 Å². The van der Waals surface area contributed by atoms with Crippen LogP contribution in [0.2, 0.25) is 0 Å². The van der Waals surface area contributed by atoms with Gasteiger partial charge in [0.1, 0.15) is 22.2 Å². The summed E-state index contributed by atoms with van der Waals surface area (Å²) in [6, 6.07) is 3.01. The molecule has 3 heterocycles. The largest absolute Gasteiger partial charge is 0.503 e. The van der Waals surface area contributed by atoms with E-state index < -0.39 is 40.2 Å². The third-order valence-electron chi connectivity index (χ3n) is 6.16. The number of hydrogen-bond donors (Lipinski definition) is 2. The Morgan fingerprint density at radius 2 is 2.03 bits per heavy atom. The first-order chi connectivity index (χ1) is 16.5. The molecule has 0 aliphatic carbocycles. The fourth-order valence-corrected chi connectivity index (χ4v) is 5.14. The topological polar surface area (TPSA) is 105 Å². The van der Waals surface area contributed by atoms with E-state index in [1.807, 2.05) is 0 Å². The molecule has 0 radical (unpaired) electrons. The molecule has 2 aromatic heterocycles. The van der Waals surface area contributed by atoms with E-state index in [1.165, 1.54) is 35.0 Å². The molecule has 2 amide bonds. The Bertz CT molecular complexity index is 1400. The lowest BCUT2D eigenvalue weighted by molar-refractivity contribution is -0.130. The zero-order valence-corrected chi connectivity index (χ0v) is 20.4. The highest BCUT2D eigenvalue weighted by Crippen LogP contribution is 2.35. The number of halogens is 2. The predicted octanol–water partition coefficient (Wildman–Crippen LogP) is 2.87. The van der Waals surface area contributed by atoms with Gasteiger partial charge in [0.2, 0.25) is 11.3 Å². The maximum absolute atomic E-state index is 14.1. The van der Waals surface area contributed by atoms with Crippen LogP contribution in [0.25, 0.3) is 10.6 Å². The number of aromatic hydroxyl groups is 1. The molecule has 0 fully saturated rings. The van der Waals surface area contributed by atoms with Crippen molar-refractivity contribution in [2.75, 3.05) is 13.6 Å². The molecule has 11 heteroatoms. The first-order valence-electron chi connectivity index (χ1n) is 10.9. The number of amides is 2. The van der Waals surface area contributed by atoms with Gasteiger partial charge in [0.05, 0.1) is 12.1 Å². The van der Waals surface area contributed by atoms with Crippen molar-refractivity contribution in [1.29, 1.82) is 0 Å². The Labute approximate surface area is 203 Å². The number of aromatic nitrogens is 2. The zero-order valence-electron chi connectivity index (χ0n) is 19.6. The lowest BCUT2D eigenvalue weighted by Crippen LogP contribution is -2.60. The number of hydrogen-bond acceptors (Lipinski definition) is 6. The van der Waals surface area contributed by atoms with Gasteiger partial charge in [-0.05, 0) is 32.4 Å². The number of pyridine rings is 1. The standard InChI is InChI=1S/C24H24F2N4O4S/c1-12(2)29-11-24(3,23(34)27-4)30-10-16(19(31)20(32)18(30)22(29)33)21-28-9-15(35-21)7-13-5-6-14(25)8-17(13)26/h5-6,8-10,12,32H,7,11H2,1-4H3,(H,27,34). The number of carbonyl (C=O) groups excluding carboxylic acids is 2. The maximum atomic E-state index is 14.1. The van der Waals surface area contributed by atoms with E-state index in [9.17, 15) is 28.3 Å². The minimum absolute atomic E-state index is 0.00278. The first kappa shape index (κ1) is 24.5. The normalized spacial score (nSPS) is 17.6. The van der Waals surface area contributed by atoms with Crippen LogP contribution in [0.4, 0.5) is 8.78 Å². The van der Waals surface area contributed by atoms with Crippen LogP contribution in [0.5, 0.6) is 5.75 Å². The van der Waals surface area contributed by atoms with Crippen molar-refractivity contribution in [3.8, 4) is 16.3 Å².